The zero-order valence-electron chi connectivity index (χ0n) is 9.60. The molecule has 0 heterocycles. The Kier molecular flexibility index (Phi) is 6.93. The lowest BCUT2D eigenvalue weighted by Crippen LogP contribution is -2.00. The van der Waals surface area contributed by atoms with Gasteiger partial charge in [-0.2, -0.15) is 0 Å². The van der Waals surface area contributed by atoms with Gasteiger partial charge < -0.3 is 4.79 Å². The highest BCUT2D eigenvalue weighted by Gasteiger charge is 2.04. The van der Waals surface area contributed by atoms with Gasteiger partial charge in [-0.15, -0.1) is 0 Å². The van der Waals surface area contributed by atoms with E-state index in [2.05, 4.69) is 20.8 Å². The maximum absolute atomic E-state index is 10.7. The van der Waals surface area contributed by atoms with Crippen molar-refractivity contribution in [2.45, 2.75) is 59.8 Å². The van der Waals surface area contributed by atoms with Gasteiger partial charge in [0.1, 0.15) is 5.78 Å². The highest BCUT2D eigenvalue weighted by atomic mass is 16.1. The molecule has 1 heteroatoms. The van der Waals surface area contributed by atoms with E-state index in [-0.39, 0.29) is 0 Å². The minimum atomic E-state index is 0.329. The molecule has 1 nitrogen and oxygen atoms in total. The van der Waals surface area contributed by atoms with Gasteiger partial charge in [-0.25, -0.2) is 0 Å². The SMILES string of the molecule is CC(=O)CC[C@H](C)CCCC(C)C. The molecule has 1 atom stereocenters. The fourth-order valence-corrected chi connectivity index (χ4v) is 1.47. The van der Waals surface area contributed by atoms with E-state index in [0.717, 1.165) is 24.7 Å². The lowest BCUT2D eigenvalue weighted by Gasteiger charge is -2.10. The van der Waals surface area contributed by atoms with Crippen molar-refractivity contribution in [1.82, 2.24) is 0 Å². The number of hydrogen-bond acceptors (Lipinski definition) is 1. The quantitative estimate of drug-likeness (QED) is 0.588. The standard InChI is InChI=1S/C12H24O/c1-10(2)6-5-7-11(3)8-9-12(4)13/h10-11H,5-9H2,1-4H3/t11-/m1/s1. The minimum Gasteiger partial charge on any atom is -0.300 e. The second-order valence-corrected chi connectivity index (χ2v) is 4.67. The first-order valence-electron chi connectivity index (χ1n) is 5.51. The van der Waals surface area contributed by atoms with Crippen LogP contribution in [0.3, 0.4) is 0 Å². The summed E-state index contributed by atoms with van der Waals surface area (Å²) < 4.78 is 0. The van der Waals surface area contributed by atoms with Crippen LogP contribution >= 0.6 is 0 Å². The van der Waals surface area contributed by atoms with Gasteiger partial charge in [0.2, 0.25) is 0 Å². The number of carbonyl (C=O) groups is 1. The lowest BCUT2D eigenvalue weighted by molar-refractivity contribution is -0.117. The third kappa shape index (κ3) is 9.59. The van der Waals surface area contributed by atoms with E-state index in [4.69, 9.17) is 0 Å². The van der Waals surface area contributed by atoms with Crippen LogP contribution < -0.4 is 0 Å². The molecule has 0 radical (unpaired) electrons. The van der Waals surface area contributed by atoms with Crippen molar-refractivity contribution in [1.29, 1.82) is 0 Å². The minimum absolute atomic E-state index is 0.329. The van der Waals surface area contributed by atoms with Crippen molar-refractivity contribution in [3.63, 3.8) is 0 Å². The zero-order valence-corrected chi connectivity index (χ0v) is 9.60. The molecule has 0 amide bonds. The lowest BCUT2D eigenvalue weighted by atomic mass is 9.95. The molecule has 0 aromatic heterocycles. The summed E-state index contributed by atoms with van der Waals surface area (Å²) in [7, 11) is 0. The summed E-state index contributed by atoms with van der Waals surface area (Å²) in [4.78, 5) is 10.7. The van der Waals surface area contributed by atoms with Crippen molar-refractivity contribution >= 4 is 5.78 Å². The first-order chi connectivity index (χ1) is 6.02. The maximum atomic E-state index is 10.7. The van der Waals surface area contributed by atoms with Gasteiger partial charge in [0, 0.05) is 6.42 Å². The van der Waals surface area contributed by atoms with Crippen LogP contribution in [-0.2, 0) is 4.79 Å². The zero-order chi connectivity index (χ0) is 10.3. The molecule has 0 saturated carbocycles. The van der Waals surface area contributed by atoms with E-state index in [0.29, 0.717) is 5.78 Å². The maximum Gasteiger partial charge on any atom is 0.129 e. The van der Waals surface area contributed by atoms with E-state index < -0.39 is 0 Å². The Balaban J connectivity index is 3.30. The van der Waals surface area contributed by atoms with Crippen LogP contribution in [-0.4, -0.2) is 5.78 Å². The van der Waals surface area contributed by atoms with Crippen LogP contribution in [0, 0.1) is 11.8 Å². The summed E-state index contributed by atoms with van der Waals surface area (Å²) in [6, 6.07) is 0. The molecule has 0 fully saturated rings. The number of Topliss-reactive ketones (excluding diaryl/α,β-unsaturated/α-hetero) is 1. The average molecular weight is 184 g/mol. The molecular weight excluding hydrogens is 160 g/mol. The van der Waals surface area contributed by atoms with Crippen LogP contribution in [0.5, 0.6) is 0 Å². The van der Waals surface area contributed by atoms with E-state index in [1.54, 1.807) is 6.92 Å². The Morgan fingerprint density at radius 1 is 1.08 bits per heavy atom. The average Bonchev–Trinajstić information content (AvgIpc) is 2.00. The largest absolute Gasteiger partial charge is 0.300 e. The predicted molar refractivity (Wildman–Crippen MR) is 57.8 cm³/mol. The van der Waals surface area contributed by atoms with Gasteiger partial charge >= 0.3 is 0 Å². The summed E-state index contributed by atoms with van der Waals surface area (Å²) in [5.41, 5.74) is 0. The molecule has 0 saturated heterocycles. The third-order valence-electron chi connectivity index (χ3n) is 2.47. The van der Waals surface area contributed by atoms with E-state index in [9.17, 15) is 4.79 Å². The second kappa shape index (κ2) is 7.11. The molecular formula is C12H24O. The molecule has 0 aromatic rings. The van der Waals surface area contributed by atoms with Crippen molar-refractivity contribution in [3.05, 3.63) is 0 Å². The monoisotopic (exact) mass is 184 g/mol. The Morgan fingerprint density at radius 3 is 2.15 bits per heavy atom. The Hall–Kier alpha value is -0.330. The van der Waals surface area contributed by atoms with Crippen molar-refractivity contribution < 1.29 is 4.79 Å². The van der Waals surface area contributed by atoms with E-state index in [1.807, 2.05) is 0 Å². The summed E-state index contributed by atoms with van der Waals surface area (Å²) in [5.74, 6) is 1.87. The van der Waals surface area contributed by atoms with Gasteiger partial charge in [0.05, 0.1) is 0 Å². The first kappa shape index (κ1) is 12.7. The van der Waals surface area contributed by atoms with E-state index >= 15 is 0 Å². The van der Waals surface area contributed by atoms with Crippen molar-refractivity contribution in [2.24, 2.45) is 11.8 Å². The fraction of sp³-hybridized carbons (Fsp3) is 0.917. The molecule has 0 aromatic carbocycles. The Bertz CT molecular complexity index is 138. The second-order valence-electron chi connectivity index (χ2n) is 4.67. The van der Waals surface area contributed by atoms with E-state index in [1.165, 1.54) is 19.3 Å². The molecule has 0 aliphatic heterocycles. The predicted octanol–water partition coefficient (Wildman–Crippen LogP) is 3.82. The molecule has 78 valence electrons. The van der Waals surface area contributed by atoms with Gasteiger partial charge in [-0.05, 0) is 25.2 Å². The molecule has 0 rings (SSSR count). The normalized spacial score (nSPS) is 13.3. The smallest absolute Gasteiger partial charge is 0.129 e. The number of ketones is 1. The summed E-state index contributed by atoms with van der Waals surface area (Å²) in [5, 5.41) is 0. The molecule has 0 bridgehead atoms. The first-order valence-corrected chi connectivity index (χ1v) is 5.51. The molecule has 0 aliphatic carbocycles. The van der Waals surface area contributed by atoms with Crippen LogP contribution in [0.25, 0.3) is 0 Å². The van der Waals surface area contributed by atoms with Gasteiger partial charge in [-0.3, -0.25) is 0 Å². The van der Waals surface area contributed by atoms with Crippen LogP contribution in [0.2, 0.25) is 0 Å². The summed E-state index contributed by atoms with van der Waals surface area (Å²) in [6.45, 7) is 8.46. The highest BCUT2D eigenvalue weighted by Crippen LogP contribution is 2.16. The topological polar surface area (TPSA) is 17.1 Å². The summed E-state index contributed by atoms with van der Waals surface area (Å²) >= 11 is 0. The van der Waals surface area contributed by atoms with Gasteiger partial charge in [0.25, 0.3) is 0 Å². The van der Waals surface area contributed by atoms with Crippen LogP contribution in [0.1, 0.15) is 59.8 Å². The number of hydrogen-bond donors (Lipinski definition) is 0. The fourth-order valence-electron chi connectivity index (χ4n) is 1.47. The van der Waals surface area contributed by atoms with Crippen LogP contribution in [0.15, 0.2) is 0 Å². The number of rotatable bonds is 7. The molecule has 13 heavy (non-hydrogen) atoms. The van der Waals surface area contributed by atoms with Gasteiger partial charge in [-0.1, -0.05) is 40.0 Å². The highest BCUT2D eigenvalue weighted by molar-refractivity contribution is 5.75. The van der Waals surface area contributed by atoms with Crippen molar-refractivity contribution in [2.75, 3.05) is 0 Å². The van der Waals surface area contributed by atoms with Crippen molar-refractivity contribution in [3.8, 4) is 0 Å². The molecule has 0 N–H and O–H groups in total. The van der Waals surface area contributed by atoms with Crippen LogP contribution in [0.4, 0.5) is 0 Å². The Labute approximate surface area is 82.9 Å². The molecule has 0 aliphatic rings. The Morgan fingerprint density at radius 2 is 1.69 bits per heavy atom. The summed E-state index contributed by atoms with van der Waals surface area (Å²) in [6.07, 6.45) is 5.77. The third-order valence-corrected chi connectivity index (χ3v) is 2.47. The molecule has 0 unspecified atom stereocenters. The molecule has 0 spiro atoms. The number of carbonyl (C=O) groups excluding carboxylic acids is 1. The van der Waals surface area contributed by atoms with Gasteiger partial charge in [0.15, 0.2) is 0 Å².